The summed E-state index contributed by atoms with van der Waals surface area (Å²) in [6.45, 7) is 1.53. The van der Waals surface area contributed by atoms with Crippen LogP contribution in [0, 0.1) is 0 Å². The lowest BCUT2D eigenvalue weighted by molar-refractivity contribution is 0.341. The van der Waals surface area contributed by atoms with E-state index in [0.717, 1.165) is 47.0 Å². The minimum absolute atomic E-state index is 0.0862. The Labute approximate surface area is 179 Å². The average Bonchev–Trinajstić information content (AvgIpc) is 3.19. The van der Waals surface area contributed by atoms with Gasteiger partial charge in [0.15, 0.2) is 0 Å². The highest BCUT2D eigenvalue weighted by molar-refractivity contribution is 7.87. The van der Waals surface area contributed by atoms with Crippen LogP contribution < -0.4 is 9.62 Å². The average molecular weight is 427 g/mol. The number of anilines is 1. The van der Waals surface area contributed by atoms with E-state index in [2.05, 4.69) is 44.9 Å². The number of piperidine rings is 1. The summed E-state index contributed by atoms with van der Waals surface area (Å²) >= 11 is 0. The Morgan fingerprint density at radius 3 is 2.43 bits per heavy atom. The van der Waals surface area contributed by atoms with Gasteiger partial charge in [0.1, 0.15) is 0 Å². The maximum atomic E-state index is 12.9. The predicted octanol–water partition coefficient (Wildman–Crippen LogP) is 3.69. The molecule has 0 radical (unpaired) electrons. The fraction of sp³-hybridized carbons (Fsp3) is 0.391. The van der Waals surface area contributed by atoms with Crippen molar-refractivity contribution in [2.75, 3.05) is 38.6 Å². The van der Waals surface area contributed by atoms with Crippen LogP contribution in [0.15, 0.2) is 54.7 Å². The minimum Gasteiger partial charge on any atom is -0.378 e. The van der Waals surface area contributed by atoms with Crippen LogP contribution in [0.3, 0.4) is 0 Å². The summed E-state index contributed by atoms with van der Waals surface area (Å²) in [5.41, 5.74) is 4.36. The zero-order valence-electron chi connectivity index (χ0n) is 17.6. The van der Waals surface area contributed by atoms with Crippen LogP contribution >= 0.6 is 0 Å². The molecule has 2 heterocycles. The van der Waals surface area contributed by atoms with Gasteiger partial charge in [0.25, 0.3) is 10.2 Å². The fourth-order valence-electron chi connectivity index (χ4n) is 4.18. The van der Waals surface area contributed by atoms with Gasteiger partial charge in [-0.05, 0) is 42.2 Å². The van der Waals surface area contributed by atoms with Crippen molar-refractivity contribution in [3.8, 4) is 0 Å². The molecule has 1 unspecified atom stereocenters. The van der Waals surface area contributed by atoms with Gasteiger partial charge in [-0.15, -0.1) is 0 Å². The number of hydrogen-bond donors (Lipinski definition) is 2. The topological polar surface area (TPSA) is 68.4 Å². The highest BCUT2D eigenvalue weighted by atomic mass is 32.2. The van der Waals surface area contributed by atoms with Gasteiger partial charge in [-0.2, -0.15) is 12.7 Å². The number of nitrogens with zero attached hydrogens (tertiary/aromatic N) is 2. The van der Waals surface area contributed by atoms with Crippen LogP contribution in [0.4, 0.5) is 5.69 Å². The number of H-pyrrole nitrogens is 1. The summed E-state index contributed by atoms with van der Waals surface area (Å²) in [4.78, 5) is 5.39. The lowest BCUT2D eigenvalue weighted by Gasteiger charge is -2.27. The number of nitrogens with one attached hydrogen (secondary N) is 2. The predicted molar refractivity (Wildman–Crippen MR) is 123 cm³/mol. The van der Waals surface area contributed by atoms with Crippen molar-refractivity contribution < 1.29 is 8.42 Å². The van der Waals surface area contributed by atoms with Crippen LogP contribution in [-0.4, -0.2) is 51.4 Å². The molecule has 1 fully saturated rings. The van der Waals surface area contributed by atoms with Crippen LogP contribution in [0.2, 0.25) is 0 Å². The third-order valence-electron chi connectivity index (χ3n) is 5.93. The Morgan fingerprint density at radius 1 is 1.03 bits per heavy atom. The van der Waals surface area contributed by atoms with Crippen LogP contribution in [-0.2, 0) is 10.2 Å². The second-order valence-electron chi connectivity index (χ2n) is 8.14. The summed E-state index contributed by atoms with van der Waals surface area (Å²) in [5, 5.41) is 1.12. The third kappa shape index (κ3) is 4.38. The molecule has 1 atom stereocenters. The van der Waals surface area contributed by atoms with Crippen LogP contribution in [0.1, 0.15) is 36.3 Å². The minimum atomic E-state index is -3.49. The smallest absolute Gasteiger partial charge is 0.279 e. The summed E-state index contributed by atoms with van der Waals surface area (Å²) in [6, 6.07) is 16.5. The first-order valence-electron chi connectivity index (χ1n) is 10.5. The van der Waals surface area contributed by atoms with Crippen molar-refractivity contribution in [3.63, 3.8) is 0 Å². The van der Waals surface area contributed by atoms with Gasteiger partial charge in [-0.1, -0.05) is 36.8 Å². The maximum absolute atomic E-state index is 12.9. The van der Waals surface area contributed by atoms with E-state index in [-0.39, 0.29) is 5.92 Å². The molecule has 30 heavy (non-hydrogen) atoms. The summed E-state index contributed by atoms with van der Waals surface area (Å²) in [5.74, 6) is -0.0862. The van der Waals surface area contributed by atoms with Gasteiger partial charge in [0.05, 0.1) is 0 Å². The second kappa shape index (κ2) is 8.79. The molecule has 0 spiro atoms. The van der Waals surface area contributed by atoms with E-state index in [1.807, 2.05) is 38.5 Å². The molecule has 2 N–H and O–H groups in total. The molecule has 0 saturated carbocycles. The summed E-state index contributed by atoms with van der Waals surface area (Å²) in [6.07, 6.45) is 4.96. The van der Waals surface area contributed by atoms with Gasteiger partial charge in [-0.3, -0.25) is 0 Å². The summed E-state index contributed by atoms with van der Waals surface area (Å²) in [7, 11) is 0.538. The van der Waals surface area contributed by atoms with Crippen molar-refractivity contribution in [2.45, 2.75) is 25.2 Å². The molecule has 6 nitrogen and oxygen atoms in total. The van der Waals surface area contributed by atoms with E-state index in [4.69, 9.17) is 0 Å². The molecular weight excluding hydrogens is 396 g/mol. The molecule has 7 heteroatoms. The Hall–Kier alpha value is -2.35. The van der Waals surface area contributed by atoms with Crippen LogP contribution in [0.25, 0.3) is 10.9 Å². The number of para-hydroxylation sites is 1. The Bertz CT molecular complexity index is 1080. The zero-order chi connectivity index (χ0) is 21.1. The highest BCUT2D eigenvalue weighted by Crippen LogP contribution is 2.31. The first kappa shape index (κ1) is 20.9. The van der Waals surface area contributed by atoms with E-state index in [0.29, 0.717) is 19.6 Å². The van der Waals surface area contributed by atoms with E-state index in [1.165, 1.54) is 0 Å². The number of benzene rings is 2. The normalized spacial score (nSPS) is 16.6. The molecule has 1 aliphatic heterocycles. The first-order valence-corrected chi connectivity index (χ1v) is 12.0. The largest absolute Gasteiger partial charge is 0.378 e. The molecule has 2 aromatic carbocycles. The van der Waals surface area contributed by atoms with E-state index < -0.39 is 10.2 Å². The summed E-state index contributed by atoms with van der Waals surface area (Å²) < 4.78 is 30.3. The molecule has 160 valence electrons. The van der Waals surface area contributed by atoms with Gasteiger partial charge in [0.2, 0.25) is 0 Å². The number of hydrogen-bond acceptors (Lipinski definition) is 3. The van der Waals surface area contributed by atoms with Crippen molar-refractivity contribution in [1.82, 2.24) is 14.0 Å². The number of rotatable bonds is 7. The zero-order valence-corrected chi connectivity index (χ0v) is 18.5. The van der Waals surface area contributed by atoms with Crippen molar-refractivity contribution in [3.05, 3.63) is 65.9 Å². The number of aromatic amines is 1. The van der Waals surface area contributed by atoms with E-state index in [9.17, 15) is 8.42 Å². The molecule has 3 aromatic rings. The monoisotopic (exact) mass is 426 g/mol. The van der Waals surface area contributed by atoms with Crippen molar-refractivity contribution in [2.24, 2.45) is 0 Å². The number of aromatic nitrogens is 1. The fourth-order valence-corrected chi connectivity index (χ4v) is 5.48. The first-order chi connectivity index (χ1) is 14.5. The molecule has 1 aliphatic rings. The lowest BCUT2D eigenvalue weighted by Crippen LogP contribution is -2.44. The molecule has 1 aromatic heterocycles. The van der Waals surface area contributed by atoms with Gasteiger partial charge in [0, 0.05) is 62.4 Å². The molecule has 0 bridgehead atoms. The molecule has 1 saturated heterocycles. The second-order valence-corrected chi connectivity index (χ2v) is 9.90. The van der Waals surface area contributed by atoms with E-state index >= 15 is 0 Å². The van der Waals surface area contributed by atoms with Gasteiger partial charge in [-0.25, -0.2) is 4.72 Å². The SMILES string of the molecule is CN(C)c1ccc(C(CNS(=O)(=O)N2CCCCC2)c2c[nH]c3ccccc23)cc1. The number of fused-ring (bicyclic) bond motifs is 1. The third-order valence-corrected chi connectivity index (χ3v) is 7.51. The van der Waals surface area contributed by atoms with E-state index in [1.54, 1.807) is 4.31 Å². The molecular formula is C23H30N4O2S. The van der Waals surface area contributed by atoms with Crippen LogP contribution in [0.5, 0.6) is 0 Å². The molecule has 0 amide bonds. The lowest BCUT2D eigenvalue weighted by atomic mass is 9.91. The Kier molecular flexibility index (Phi) is 6.13. The molecule has 0 aliphatic carbocycles. The Morgan fingerprint density at radius 2 is 1.73 bits per heavy atom. The Balaban J connectivity index is 1.65. The maximum Gasteiger partial charge on any atom is 0.279 e. The molecule has 4 rings (SSSR count). The van der Waals surface area contributed by atoms with Crippen molar-refractivity contribution in [1.29, 1.82) is 0 Å². The van der Waals surface area contributed by atoms with Gasteiger partial charge >= 0.3 is 0 Å². The van der Waals surface area contributed by atoms with Gasteiger partial charge < -0.3 is 9.88 Å². The van der Waals surface area contributed by atoms with Crippen molar-refractivity contribution >= 4 is 26.8 Å². The highest BCUT2D eigenvalue weighted by Gasteiger charge is 2.26. The quantitative estimate of drug-likeness (QED) is 0.605. The standard InChI is InChI=1S/C23H30N4O2S/c1-26(2)19-12-10-18(11-13-19)21(22-16-24-23-9-5-4-8-20(22)23)17-25-30(28,29)27-14-6-3-7-15-27/h4-5,8-13,16,21,24-25H,3,6-7,14-15,17H2,1-2H3.